The maximum absolute atomic E-state index is 6.46. The Morgan fingerprint density at radius 2 is 2.10 bits per heavy atom. The number of para-hydroxylation sites is 1. The summed E-state index contributed by atoms with van der Waals surface area (Å²) in [4.78, 5) is 4.97. The Labute approximate surface area is 123 Å². The van der Waals surface area contributed by atoms with Crippen LogP contribution < -0.4 is 5.32 Å². The van der Waals surface area contributed by atoms with Gasteiger partial charge in [-0.3, -0.25) is 0 Å². The predicted octanol–water partition coefficient (Wildman–Crippen LogP) is 3.63. The number of hydrogen-bond acceptors (Lipinski definition) is 2. The van der Waals surface area contributed by atoms with Gasteiger partial charge < -0.3 is 9.88 Å². The second kappa shape index (κ2) is 3.99. The minimum atomic E-state index is 0.581. The summed E-state index contributed by atoms with van der Waals surface area (Å²) in [6, 6.07) is 8.09. The number of hydrogen-bond donors (Lipinski definition) is 1. The first-order valence-corrected chi connectivity index (χ1v) is 8.11. The van der Waals surface area contributed by atoms with Gasteiger partial charge in [0.1, 0.15) is 5.82 Å². The third-order valence-corrected chi connectivity index (χ3v) is 5.54. The van der Waals surface area contributed by atoms with Gasteiger partial charge in [0.15, 0.2) is 0 Å². The number of aromatic nitrogens is 2. The SMILES string of the molecule is Clc1cccc2nc(C3CC4CCC3N4)n(C3CC3)c12. The molecule has 3 atom stereocenters. The minimum Gasteiger partial charge on any atom is -0.323 e. The summed E-state index contributed by atoms with van der Waals surface area (Å²) in [5.74, 6) is 1.87. The van der Waals surface area contributed by atoms with Gasteiger partial charge in [-0.15, -0.1) is 0 Å². The molecule has 1 aromatic carbocycles. The topological polar surface area (TPSA) is 29.9 Å². The summed E-state index contributed by atoms with van der Waals surface area (Å²) in [6.07, 6.45) is 6.44. The summed E-state index contributed by atoms with van der Waals surface area (Å²) in [6.45, 7) is 0. The smallest absolute Gasteiger partial charge is 0.114 e. The van der Waals surface area contributed by atoms with Crippen LogP contribution in [0.25, 0.3) is 11.0 Å². The second-order valence-corrected chi connectivity index (χ2v) is 6.98. The number of rotatable bonds is 2. The molecule has 1 saturated carbocycles. The first-order valence-electron chi connectivity index (χ1n) is 7.73. The van der Waals surface area contributed by atoms with E-state index in [1.165, 1.54) is 37.9 Å². The molecule has 2 bridgehead atoms. The standard InChI is InChI=1S/C16H18ClN3/c17-12-2-1-3-14-15(12)20(10-5-6-10)16(19-14)11-8-9-4-7-13(11)18-9/h1-3,9-11,13,18H,4-8H2. The van der Waals surface area contributed by atoms with E-state index in [9.17, 15) is 0 Å². The normalized spacial score (nSPS) is 32.4. The Kier molecular flexibility index (Phi) is 2.31. The highest BCUT2D eigenvalue weighted by atomic mass is 35.5. The quantitative estimate of drug-likeness (QED) is 0.914. The van der Waals surface area contributed by atoms with Crippen molar-refractivity contribution in [2.45, 2.75) is 56.1 Å². The minimum absolute atomic E-state index is 0.581. The van der Waals surface area contributed by atoms with E-state index in [0.717, 1.165) is 16.1 Å². The Hall–Kier alpha value is -1.06. The molecular formula is C16H18ClN3. The lowest BCUT2D eigenvalue weighted by Crippen LogP contribution is -2.23. The number of halogens is 1. The fourth-order valence-corrected chi connectivity index (χ4v) is 4.46. The van der Waals surface area contributed by atoms with Gasteiger partial charge in [0.05, 0.1) is 16.1 Å². The largest absolute Gasteiger partial charge is 0.323 e. The Morgan fingerprint density at radius 3 is 2.80 bits per heavy atom. The van der Waals surface area contributed by atoms with Crippen molar-refractivity contribution in [1.82, 2.24) is 14.9 Å². The van der Waals surface area contributed by atoms with E-state index in [-0.39, 0.29) is 0 Å². The van der Waals surface area contributed by atoms with Crippen LogP contribution in [0.15, 0.2) is 18.2 Å². The van der Waals surface area contributed by atoms with Crippen LogP contribution >= 0.6 is 11.6 Å². The maximum atomic E-state index is 6.46. The Balaban J connectivity index is 1.71. The molecule has 3 nitrogen and oxygen atoms in total. The highest BCUT2D eigenvalue weighted by molar-refractivity contribution is 6.35. The highest BCUT2D eigenvalue weighted by Crippen LogP contribution is 2.46. The third kappa shape index (κ3) is 1.54. The first-order chi connectivity index (χ1) is 9.81. The molecular weight excluding hydrogens is 270 g/mol. The maximum Gasteiger partial charge on any atom is 0.114 e. The molecule has 104 valence electrons. The van der Waals surface area contributed by atoms with E-state index < -0.39 is 0 Å². The van der Waals surface area contributed by atoms with Gasteiger partial charge in [-0.2, -0.15) is 0 Å². The molecule has 4 heteroatoms. The Morgan fingerprint density at radius 1 is 1.20 bits per heavy atom. The van der Waals surface area contributed by atoms with Crippen molar-refractivity contribution < 1.29 is 0 Å². The van der Waals surface area contributed by atoms with Crippen LogP contribution in [0.5, 0.6) is 0 Å². The van der Waals surface area contributed by atoms with Crippen molar-refractivity contribution in [2.24, 2.45) is 0 Å². The van der Waals surface area contributed by atoms with Gasteiger partial charge in [0.25, 0.3) is 0 Å². The van der Waals surface area contributed by atoms with Crippen LogP contribution in [0.1, 0.15) is 49.9 Å². The van der Waals surface area contributed by atoms with Crippen molar-refractivity contribution in [3.8, 4) is 0 Å². The number of nitrogens with zero attached hydrogens (tertiary/aromatic N) is 2. The molecule has 3 heterocycles. The fraction of sp³-hybridized carbons (Fsp3) is 0.562. The van der Waals surface area contributed by atoms with Crippen molar-refractivity contribution in [2.75, 3.05) is 0 Å². The number of benzene rings is 1. The second-order valence-electron chi connectivity index (χ2n) is 6.57. The van der Waals surface area contributed by atoms with E-state index in [4.69, 9.17) is 16.6 Å². The molecule has 0 radical (unpaired) electrons. The monoisotopic (exact) mass is 287 g/mol. The predicted molar refractivity (Wildman–Crippen MR) is 80.3 cm³/mol. The highest BCUT2D eigenvalue weighted by Gasteiger charge is 2.43. The van der Waals surface area contributed by atoms with Gasteiger partial charge in [-0.25, -0.2) is 4.98 Å². The number of nitrogens with one attached hydrogen (secondary N) is 1. The molecule has 1 N–H and O–H groups in total. The number of imidazole rings is 1. The molecule has 3 unspecified atom stereocenters. The molecule has 2 aliphatic heterocycles. The van der Waals surface area contributed by atoms with Crippen molar-refractivity contribution in [3.63, 3.8) is 0 Å². The van der Waals surface area contributed by atoms with Gasteiger partial charge in [-0.05, 0) is 44.2 Å². The average Bonchev–Trinajstić information content (AvgIpc) is 2.92. The third-order valence-electron chi connectivity index (χ3n) is 5.23. The van der Waals surface area contributed by atoms with Crippen LogP contribution in [0.3, 0.4) is 0 Å². The molecule has 0 spiro atoms. The van der Waals surface area contributed by atoms with Crippen LogP contribution in [0, 0.1) is 0 Å². The summed E-state index contributed by atoms with van der Waals surface area (Å²) < 4.78 is 2.46. The van der Waals surface area contributed by atoms with Gasteiger partial charge in [0.2, 0.25) is 0 Å². The lowest BCUT2D eigenvalue weighted by atomic mass is 9.88. The zero-order chi connectivity index (χ0) is 13.3. The molecule has 2 aromatic rings. The lowest BCUT2D eigenvalue weighted by molar-refractivity contribution is 0.470. The summed E-state index contributed by atoms with van der Waals surface area (Å²) in [5, 5.41) is 4.59. The first kappa shape index (κ1) is 11.6. The molecule has 0 amide bonds. The molecule has 3 aliphatic rings. The van der Waals surface area contributed by atoms with Crippen LogP contribution in [-0.2, 0) is 0 Å². The van der Waals surface area contributed by atoms with Gasteiger partial charge in [0, 0.05) is 24.0 Å². The average molecular weight is 288 g/mol. The molecule has 1 aliphatic carbocycles. The van der Waals surface area contributed by atoms with Gasteiger partial charge in [-0.1, -0.05) is 17.7 Å². The lowest BCUT2D eigenvalue weighted by Gasteiger charge is -2.21. The van der Waals surface area contributed by atoms with Crippen LogP contribution in [-0.4, -0.2) is 21.6 Å². The molecule has 20 heavy (non-hydrogen) atoms. The van der Waals surface area contributed by atoms with E-state index >= 15 is 0 Å². The van der Waals surface area contributed by atoms with Crippen molar-refractivity contribution >= 4 is 22.6 Å². The van der Waals surface area contributed by atoms with Crippen LogP contribution in [0.4, 0.5) is 0 Å². The van der Waals surface area contributed by atoms with Crippen molar-refractivity contribution in [3.05, 3.63) is 29.0 Å². The van der Waals surface area contributed by atoms with Crippen molar-refractivity contribution in [1.29, 1.82) is 0 Å². The van der Waals surface area contributed by atoms with E-state index in [2.05, 4.69) is 16.0 Å². The summed E-state index contributed by atoms with van der Waals surface area (Å²) in [5.41, 5.74) is 2.23. The Bertz CT molecular complexity index is 688. The van der Waals surface area contributed by atoms with E-state index in [1.807, 2.05) is 12.1 Å². The number of fused-ring (bicyclic) bond motifs is 3. The fourth-order valence-electron chi connectivity index (χ4n) is 4.20. The summed E-state index contributed by atoms with van der Waals surface area (Å²) >= 11 is 6.46. The van der Waals surface area contributed by atoms with E-state index in [1.54, 1.807) is 0 Å². The summed E-state index contributed by atoms with van der Waals surface area (Å²) in [7, 11) is 0. The van der Waals surface area contributed by atoms with Gasteiger partial charge >= 0.3 is 0 Å². The molecule has 1 aromatic heterocycles. The molecule has 2 saturated heterocycles. The molecule has 5 rings (SSSR count). The van der Waals surface area contributed by atoms with E-state index in [0.29, 0.717) is 24.0 Å². The van der Waals surface area contributed by atoms with Crippen LogP contribution in [0.2, 0.25) is 5.02 Å². The molecule has 3 fully saturated rings. The zero-order valence-corrected chi connectivity index (χ0v) is 12.1. The zero-order valence-electron chi connectivity index (χ0n) is 11.3.